The van der Waals surface area contributed by atoms with Gasteiger partial charge in [-0.05, 0) is 12.8 Å². The van der Waals surface area contributed by atoms with Crippen molar-refractivity contribution in [1.29, 1.82) is 0 Å². The van der Waals surface area contributed by atoms with Gasteiger partial charge < -0.3 is 89.9 Å². The summed E-state index contributed by atoms with van der Waals surface area (Å²) in [5.41, 5.74) is 0. The molecule has 0 aliphatic carbocycles. The first-order valence-corrected chi connectivity index (χ1v) is 18.8. The van der Waals surface area contributed by atoms with Gasteiger partial charge >= 0.3 is 0 Å². The summed E-state index contributed by atoms with van der Waals surface area (Å²) in [7, 11) is 0. The maximum absolute atomic E-state index is 12.7. The molecule has 0 aromatic heterocycles. The van der Waals surface area contributed by atoms with E-state index in [1.54, 1.807) is 0 Å². The zero-order chi connectivity index (χ0) is 39.2. The third-order valence-electron chi connectivity index (χ3n) is 9.93. The number of carbonyl (C=O) groups excluding carboxylic acids is 1. The second-order valence-electron chi connectivity index (χ2n) is 14.0. The number of nitrogens with one attached hydrogen (secondary N) is 1. The maximum atomic E-state index is 12.7. The molecule has 19 nitrogen and oxygen atoms in total. The van der Waals surface area contributed by atoms with Gasteiger partial charge in [0, 0.05) is 6.42 Å². The lowest BCUT2D eigenvalue weighted by Crippen LogP contribution is -2.66. The predicted molar refractivity (Wildman–Crippen MR) is 180 cm³/mol. The van der Waals surface area contributed by atoms with Crippen molar-refractivity contribution in [2.24, 2.45) is 0 Å². The molecule has 17 unspecified atom stereocenters. The van der Waals surface area contributed by atoms with E-state index in [2.05, 4.69) is 19.2 Å². The van der Waals surface area contributed by atoms with Gasteiger partial charge in [0.05, 0.1) is 38.6 Å². The van der Waals surface area contributed by atoms with Crippen molar-refractivity contribution < 1.29 is 89.4 Å². The van der Waals surface area contributed by atoms with Crippen LogP contribution < -0.4 is 5.32 Å². The number of carbonyl (C=O) groups is 1. The quantitative estimate of drug-likeness (QED) is 0.0470. The molecule has 3 aliphatic rings. The van der Waals surface area contributed by atoms with Crippen molar-refractivity contribution in [2.75, 3.05) is 26.4 Å². The van der Waals surface area contributed by atoms with Crippen LogP contribution in [0.5, 0.6) is 0 Å². The summed E-state index contributed by atoms with van der Waals surface area (Å²) in [4.78, 5) is 12.7. The van der Waals surface area contributed by atoms with Gasteiger partial charge in [0.25, 0.3) is 0 Å². The number of hydrogen-bond acceptors (Lipinski definition) is 18. The Balaban J connectivity index is 1.64. The summed E-state index contributed by atoms with van der Waals surface area (Å²) in [6, 6.07) is -0.870. The Morgan fingerprint density at radius 3 is 1.60 bits per heavy atom. The SMILES string of the molecule is CCCCCCC(=O)NC(COC1OC(CO)C(OC2OC(CO)C(OC3OC(CO)C(O)C(O)C3O)C(O)C2O)C(O)C1O)C(O)CCCCCC. The Bertz CT molecular complexity index is 1030. The van der Waals surface area contributed by atoms with Gasteiger partial charge in [0.2, 0.25) is 5.91 Å². The fourth-order valence-corrected chi connectivity index (χ4v) is 6.60. The average molecular weight is 774 g/mol. The van der Waals surface area contributed by atoms with E-state index >= 15 is 0 Å². The standard InChI is InChI=1S/C34H63NO18/c1-3-5-7-9-11-18(39)17(35-22(40)12-10-8-6-4-2)16-48-32-28(46)25(43)30(20(14-37)50-32)53-34-29(47)26(44)31(21(15-38)51-34)52-33-27(45)24(42)23(41)19(13-36)49-33/h17-21,23-34,36-39,41-47H,3-16H2,1-2H3,(H,35,40). The van der Waals surface area contributed by atoms with Crippen LogP contribution in [0, 0.1) is 0 Å². The molecule has 3 heterocycles. The molecule has 1 amide bonds. The van der Waals surface area contributed by atoms with Crippen molar-refractivity contribution in [3.8, 4) is 0 Å². The number of unbranched alkanes of at least 4 members (excludes halogenated alkanes) is 6. The van der Waals surface area contributed by atoms with Crippen molar-refractivity contribution in [1.82, 2.24) is 5.32 Å². The first kappa shape index (κ1) is 46.2. The molecule has 0 bridgehead atoms. The zero-order valence-corrected chi connectivity index (χ0v) is 30.5. The molecule has 0 aromatic carbocycles. The molecule has 3 saturated heterocycles. The van der Waals surface area contributed by atoms with Gasteiger partial charge in [-0.15, -0.1) is 0 Å². The summed E-state index contributed by atoms with van der Waals surface area (Å²) in [5.74, 6) is -0.274. The molecule has 19 heteroatoms. The van der Waals surface area contributed by atoms with Crippen LogP contribution in [0.25, 0.3) is 0 Å². The van der Waals surface area contributed by atoms with Gasteiger partial charge in [0.15, 0.2) is 18.9 Å². The highest BCUT2D eigenvalue weighted by molar-refractivity contribution is 5.76. The molecule has 0 saturated carbocycles. The minimum Gasteiger partial charge on any atom is -0.394 e. The molecule has 312 valence electrons. The van der Waals surface area contributed by atoms with E-state index in [0.29, 0.717) is 19.3 Å². The van der Waals surface area contributed by atoms with Gasteiger partial charge in [-0.3, -0.25) is 4.79 Å². The smallest absolute Gasteiger partial charge is 0.220 e. The van der Waals surface area contributed by atoms with Crippen LogP contribution in [0.3, 0.4) is 0 Å². The molecule has 12 N–H and O–H groups in total. The van der Waals surface area contributed by atoms with E-state index in [-0.39, 0.29) is 18.9 Å². The van der Waals surface area contributed by atoms with E-state index < -0.39 is 124 Å². The third kappa shape index (κ3) is 12.6. The molecular formula is C34H63NO18. The lowest BCUT2D eigenvalue weighted by molar-refractivity contribution is -0.379. The number of ether oxygens (including phenoxy) is 6. The summed E-state index contributed by atoms with van der Waals surface area (Å²) in [6.07, 6.45) is -18.6. The zero-order valence-electron chi connectivity index (χ0n) is 30.5. The molecule has 3 rings (SSSR count). The van der Waals surface area contributed by atoms with E-state index in [9.17, 15) is 61.0 Å². The first-order valence-electron chi connectivity index (χ1n) is 18.8. The van der Waals surface area contributed by atoms with E-state index in [1.165, 1.54) is 0 Å². The van der Waals surface area contributed by atoms with Crippen LogP contribution >= 0.6 is 0 Å². The lowest BCUT2D eigenvalue weighted by atomic mass is 9.96. The Hall–Kier alpha value is -1.21. The molecule has 3 aliphatic heterocycles. The number of aliphatic hydroxyl groups is 11. The highest BCUT2D eigenvalue weighted by atomic mass is 16.8. The van der Waals surface area contributed by atoms with Gasteiger partial charge in [-0.1, -0.05) is 58.8 Å². The van der Waals surface area contributed by atoms with Crippen molar-refractivity contribution >= 4 is 5.91 Å². The molecule has 0 radical (unpaired) electrons. The van der Waals surface area contributed by atoms with Crippen LogP contribution in [-0.4, -0.2) is 193 Å². The molecule has 17 atom stereocenters. The minimum atomic E-state index is -1.96. The molecule has 53 heavy (non-hydrogen) atoms. The number of amides is 1. The van der Waals surface area contributed by atoms with Crippen LogP contribution in [-0.2, 0) is 33.2 Å². The van der Waals surface area contributed by atoms with Crippen LogP contribution in [0.4, 0.5) is 0 Å². The van der Waals surface area contributed by atoms with Crippen LogP contribution in [0.1, 0.15) is 78.1 Å². The second kappa shape index (κ2) is 23.1. The summed E-state index contributed by atoms with van der Waals surface area (Å²) in [6.45, 7) is 1.42. The minimum absolute atomic E-state index is 0.257. The first-order chi connectivity index (χ1) is 25.3. The predicted octanol–water partition coefficient (Wildman–Crippen LogP) is -3.76. The fraction of sp³-hybridized carbons (Fsp3) is 0.971. The Morgan fingerprint density at radius 1 is 0.604 bits per heavy atom. The summed E-state index contributed by atoms with van der Waals surface area (Å²) >= 11 is 0. The largest absolute Gasteiger partial charge is 0.394 e. The monoisotopic (exact) mass is 773 g/mol. The van der Waals surface area contributed by atoms with E-state index in [0.717, 1.165) is 38.5 Å². The third-order valence-corrected chi connectivity index (χ3v) is 9.93. The van der Waals surface area contributed by atoms with E-state index in [4.69, 9.17) is 28.4 Å². The highest BCUT2D eigenvalue weighted by Gasteiger charge is 2.53. The topological polar surface area (TPSA) is 307 Å². The molecule has 0 spiro atoms. The van der Waals surface area contributed by atoms with Crippen LogP contribution in [0.2, 0.25) is 0 Å². The Kier molecular flexibility index (Phi) is 20.1. The van der Waals surface area contributed by atoms with Gasteiger partial charge in [0.1, 0.15) is 73.2 Å². The Morgan fingerprint density at radius 2 is 1.08 bits per heavy atom. The number of hydrogen-bond donors (Lipinski definition) is 12. The fourth-order valence-electron chi connectivity index (χ4n) is 6.60. The number of rotatable bonds is 22. The summed E-state index contributed by atoms with van der Waals surface area (Å²) < 4.78 is 33.6. The lowest BCUT2D eigenvalue weighted by Gasteiger charge is -2.48. The second-order valence-corrected chi connectivity index (χ2v) is 14.0. The molecule has 0 aromatic rings. The highest BCUT2D eigenvalue weighted by Crippen LogP contribution is 2.32. The number of aliphatic hydroxyl groups excluding tert-OH is 11. The van der Waals surface area contributed by atoms with Crippen molar-refractivity contribution in [3.05, 3.63) is 0 Å². The average Bonchev–Trinajstić information content (AvgIpc) is 3.15. The molecule has 3 fully saturated rings. The van der Waals surface area contributed by atoms with Crippen molar-refractivity contribution in [2.45, 2.75) is 182 Å². The van der Waals surface area contributed by atoms with Crippen molar-refractivity contribution in [3.63, 3.8) is 0 Å². The maximum Gasteiger partial charge on any atom is 0.220 e. The van der Waals surface area contributed by atoms with E-state index in [1.807, 2.05) is 0 Å². The molecular weight excluding hydrogens is 710 g/mol. The van der Waals surface area contributed by atoms with Crippen LogP contribution in [0.15, 0.2) is 0 Å². The van der Waals surface area contributed by atoms with Gasteiger partial charge in [-0.25, -0.2) is 0 Å². The van der Waals surface area contributed by atoms with Gasteiger partial charge in [-0.2, -0.15) is 0 Å². The Labute approximate surface area is 309 Å². The summed E-state index contributed by atoms with van der Waals surface area (Å²) in [5, 5.41) is 118. The normalized spacial score (nSPS) is 39.1.